The molecule has 156 valence electrons. The van der Waals surface area contributed by atoms with E-state index >= 15 is 0 Å². The van der Waals surface area contributed by atoms with Gasteiger partial charge >= 0.3 is 5.97 Å². The highest BCUT2D eigenvalue weighted by atomic mass is 32.2. The molecule has 0 bridgehead atoms. The summed E-state index contributed by atoms with van der Waals surface area (Å²) in [5.41, 5.74) is -0.139. The molecule has 0 atom stereocenters. The number of thioether (sulfide) groups is 1. The van der Waals surface area contributed by atoms with Gasteiger partial charge in [0.05, 0.1) is 9.83 Å². The average Bonchev–Trinajstić information content (AvgIpc) is 3.21. The summed E-state index contributed by atoms with van der Waals surface area (Å²) in [6, 6.07) is 9.08. The number of benzene rings is 1. The number of non-ortho nitro benzene ring substituents is 1. The molecule has 1 fully saturated rings. The molecule has 30 heavy (non-hydrogen) atoms. The monoisotopic (exact) mass is 430 g/mol. The summed E-state index contributed by atoms with van der Waals surface area (Å²) in [6.45, 7) is 4.61. The molecule has 1 aromatic carbocycles. The number of carbonyl (C=O) groups is 3. The Morgan fingerprint density at radius 2 is 1.87 bits per heavy atom. The first kappa shape index (κ1) is 21.3. The van der Waals surface area contributed by atoms with Crippen molar-refractivity contribution in [3.05, 3.63) is 57.2 Å². The first-order valence-corrected chi connectivity index (χ1v) is 9.67. The summed E-state index contributed by atoms with van der Waals surface area (Å²) < 4.78 is 10.8. The predicted molar refractivity (Wildman–Crippen MR) is 109 cm³/mol. The minimum Gasteiger partial charge on any atom is -0.459 e. The molecule has 1 saturated heterocycles. The number of ether oxygens (including phenoxy) is 1. The molecule has 0 unspecified atom stereocenters. The van der Waals surface area contributed by atoms with Crippen LogP contribution in [0.2, 0.25) is 0 Å². The number of rotatable bonds is 5. The SMILES string of the molecule is CC(C)(C)OC(=O)CN1C(=O)SC(=Cc2ccc(-c3ccc([N+](=O)[O-])cc3)o2)C1=O. The van der Waals surface area contributed by atoms with E-state index in [1.807, 2.05) is 0 Å². The van der Waals surface area contributed by atoms with Crippen LogP contribution >= 0.6 is 11.8 Å². The average molecular weight is 430 g/mol. The van der Waals surface area contributed by atoms with Crippen molar-refractivity contribution in [2.75, 3.05) is 6.54 Å². The van der Waals surface area contributed by atoms with Gasteiger partial charge in [0.25, 0.3) is 16.8 Å². The number of amides is 2. The normalized spacial score (nSPS) is 15.7. The fourth-order valence-corrected chi connectivity index (χ4v) is 3.42. The van der Waals surface area contributed by atoms with Crippen LogP contribution in [0.4, 0.5) is 10.5 Å². The Morgan fingerprint density at radius 3 is 2.47 bits per heavy atom. The Kier molecular flexibility index (Phi) is 5.79. The van der Waals surface area contributed by atoms with Gasteiger partial charge in [-0.15, -0.1) is 0 Å². The minimum atomic E-state index is -0.725. The molecule has 9 nitrogen and oxygen atoms in total. The summed E-state index contributed by atoms with van der Waals surface area (Å²) >= 11 is 0.703. The Bertz CT molecular complexity index is 1050. The van der Waals surface area contributed by atoms with Gasteiger partial charge in [-0.05, 0) is 56.8 Å². The van der Waals surface area contributed by atoms with E-state index in [1.54, 1.807) is 45.0 Å². The molecule has 0 radical (unpaired) electrons. The highest BCUT2D eigenvalue weighted by molar-refractivity contribution is 8.18. The standard InChI is InChI=1S/C20H18N2O7S/c1-20(2,3)29-17(23)11-21-18(24)16(30-19(21)25)10-14-8-9-15(28-14)12-4-6-13(7-5-12)22(26)27/h4-10H,11H2,1-3H3. The lowest BCUT2D eigenvalue weighted by molar-refractivity contribution is -0.384. The van der Waals surface area contributed by atoms with Crippen molar-refractivity contribution >= 4 is 40.6 Å². The Hall–Kier alpha value is -3.40. The van der Waals surface area contributed by atoms with Gasteiger partial charge in [0.15, 0.2) is 0 Å². The zero-order valence-electron chi connectivity index (χ0n) is 16.4. The quantitative estimate of drug-likeness (QED) is 0.299. The third-order valence-corrected chi connectivity index (χ3v) is 4.75. The highest BCUT2D eigenvalue weighted by Gasteiger charge is 2.37. The summed E-state index contributed by atoms with van der Waals surface area (Å²) in [7, 11) is 0. The topological polar surface area (TPSA) is 120 Å². The zero-order valence-corrected chi connectivity index (χ0v) is 17.2. The van der Waals surface area contributed by atoms with E-state index in [-0.39, 0.29) is 10.6 Å². The number of nitro benzene ring substituents is 1. The van der Waals surface area contributed by atoms with Crippen molar-refractivity contribution in [1.29, 1.82) is 0 Å². The largest absolute Gasteiger partial charge is 0.459 e. The van der Waals surface area contributed by atoms with Gasteiger partial charge in [0.1, 0.15) is 23.7 Å². The van der Waals surface area contributed by atoms with Crippen LogP contribution in [0.5, 0.6) is 0 Å². The third-order valence-electron chi connectivity index (χ3n) is 3.84. The van der Waals surface area contributed by atoms with Gasteiger partial charge in [0.2, 0.25) is 0 Å². The Balaban J connectivity index is 1.73. The first-order chi connectivity index (χ1) is 14.0. The van der Waals surface area contributed by atoms with Crippen LogP contribution in [-0.2, 0) is 14.3 Å². The molecule has 0 N–H and O–H groups in total. The lowest BCUT2D eigenvalue weighted by Crippen LogP contribution is -2.37. The molecule has 10 heteroatoms. The van der Waals surface area contributed by atoms with Gasteiger partial charge in [-0.3, -0.25) is 29.4 Å². The molecule has 0 saturated carbocycles. The van der Waals surface area contributed by atoms with E-state index in [1.165, 1.54) is 18.2 Å². The number of esters is 1. The van der Waals surface area contributed by atoms with E-state index in [9.17, 15) is 24.5 Å². The Morgan fingerprint density at radius 1 is 1.20 bits per heavy atom. The molecule has 2 heterocycles. The van der Waals surface area contributed by atoms with E-state index in [0.29, 0.717) is 28.8 Å². The lowest BCUT2D eigenvalue weighted by atomic mass is 10.1. The number of carbonyl (C=O) groups excluding carboxylic acids is 3. The van der Waals surface area contributed by atoms with Crippen molar-refractivity contribution in [3.8, 4) is 11.3 Å². The van der Waals surface area contributed by atoms with Crippen molar-refractivity contribution in [2.45, 2.75) is 26.4 Å². The molecule has 0 spiro atoms. The van der Waals surface area contributed by atoms with Crippen LogP contribution < -0.4 is 0 Å². The number of imide groups is 1. The van der Waals surface area contributed by atoms with Crippen LogP contribution in [0.15, 0.2) is 45.7 Å². The number of hydrogen-bond donors (Lipinski definition) is 0. The van der Waals surface area contributed by atoms with Crippen molar-refractivity contribution in [3.63, 3.8) is 0 Å². The maximum atomic E-state index is 12.5. The summed E-state index contributed by atoms with van der Waals surface area (Å²) in [6.07, 6.45) is 1.41. The maximum absolute atomic E-state index is 12.5. The third kappa shape index (κ3) is 4.95. The van der Waals surface area contributed by atoms with Crippen molar-refractivity contribution < 1.29 is 28.5 Å². The molecular weight excluding hydrogens is 412 g/mol. The van der Waals surface area contributed by atoms with Crippen LogP contribution in [0.3, 0.4) is 0 Å². The van der Waals surface area contributed by atoms with Crippen LogP contribution in [0, 0.1) is 10.1 Å². The van der Waals surface area contributed by atoms with E-state index in [2.05, 4.69) is 0 Å². The number of hydrogen-bond acceptors (Lipinski definition) is 8. The zero-order chi connectivity index (χ0) is 22.1. The summed E-state index contributed by atoms with van der Waals surface area (Å²) in [4.78, 5) is 47.8. The molecule has 1 aliphatic heterocycles. The second-order valence-electron chi connectivity index (χ2n) is 7.36. The fourth-order valence-electron chi connectivity index (χ4n) is 2.60. The molecular formula is C20H18N2O7S. The molecule has 2 aromatic rings. The molecule has 3 rings (SSSR count). The number of nitrogens with zero attached hydrogens (tertiary/aromatic N) is 2. The second-order valence-corrected chi connectivity index (χ2v) is 8.35. The minimum absolute atomic E-state index is 0.0378. The molecule has 2 amide bonds. The maximum Gasteiger partial charge on any atom is 0.326 e. The van der Waals surface area contributed by atoms with Crippen molar-refractivity contribution in [2.24, 2.45) is 0 Å². The highest BCUT2D eigenvalue weighted by Crippen LogP contribution is 2.33. The fraction of sp³-hybridized carbons (Fsp3) is 0.250. The molecule has 1 aromatic heterocycles. The van der Waals surface area contributed by atoms with Gasteiger partial charge in [0, 0.05) is 23.8 Å². The molecule has 0 aliphatic carbocycles. The van der Waals surface area contributed by atoms with Gasteiger partial charge < -0.3 is 9.15 Å². The van der Waals surface area contributed by atoms with Gasteiger partial charge in [-0.2, -0.15) is 0 Å². The van der Waals surface area contributed by atoms with E-state index < -0.39 is 34.2 Å². The smallest absolute Gasteiger partial charge is 0.326 e. The second kappa shape index (κ2) is 8.15. The van der Waals surface area contributed by atoms with Gasteiger partial charge in [-0.25, -0.2) is 0 Å². The number of furan rings is 1. The predicted octanol–water partition coefficient (Wildman–Crippen LogP) is 4.23. The van der Waals surface area contributed by atoms with Gasteiger partial charge in [-0.1, -0.05) is 0 Å². The van der Waals surface area contributed by atoms with Crippen LogP contribution in [0.1, 0.15) is 26.5 Å². The molecule has 1 aliphatic rings. The Labute approximate surface area is 175 Å². The van der Waals surface area contributed by atoms with Crippen LogP contribution in [0.25, 0.3) is 17.4 Å². The van der Waals surface area contributed by atoms with E-state index in [4.69, 9.17) is 9.15 Å². The lowest BCUT2D eigenvalue weighted by Gasteiger charge is -2.21. The summed E-state index contributed by atoms with van der Waals surface area (Å²) in [5, 5.41) is 10.2. The first-order valence-electron chi connectivity index (χ1n) is 8.85. The summed E-state index contributed by atoms with van der Waals surface area (Å²) in [5.74, 6) is -0.510. The van der Waals surface area contributed by atoms with Crippen molar-refractivity contribution in [1.82, 2.24) is 4.90 Å². The number of nitro groups is 1. The van der Waals surface area contributed by atoms with E-state index in [0.717, 1.165) is 4.90 Å². The van der Waals surface area contributed by atoms with Crippen LogP contribution in [-0.4, -0.2) is 39.1 Å².